The Hall–Kier alpha value is -3.60. The van der Waals surface area contributed by atoms with Gasteiger partial charge in [-0.1, -0.05) is 60.7 Å². The molecule has 1 aliphatic rings. The van der Waals surface area contributed by atoms with Crippen LogP contribution in [-0.2, 0) is 4.79 Å². The van der Waals surface area contributed by atoms with Gasteiger partial charge in [0.25, 0.3) is 5.91 Å². The van der Waals surface area contributed by atoms with Crippen LogP contribution in [0.2, 0.25) is 0 Å². The Bertz CT molecular complexity index is 986. The van der Waals surface area contributed by atoms with E-state index in [1.807, 2.05) is 72.8 Å². The van der Waals surface area contributed by atoms with E-state index in [1.165, 1.54) is 0 Å². The minimum absolute atomic E-state index is 0.00813. The van der Waals surface area contributed by atoms with Crippen molar-refractivity contribution < 1.29 is 19.1 Å². The first-order valence-electron chi connectivity index (χ1n) is 9.42. The second kappa shape index (κ2) is 8.19. The molecule has 0 N–H and O–H groups in total. The maximum absolute atomic E-state index is 12.9. The summed E-state index contributed by atoms with van der Waals surface area (Å²) in [5, 5.41) is 0. The third-order valence-electron chi connectivity index (χ3n) is 5.02. The van der Waals surface area contributed by atoms with E-state index < -0.39 is 6.10 Å². The Labute approximate surface area is 169 Å². The first kappa shape index (κ1) is 18.7. The molecule has 1 heterocycles. The van der Waals surface area contributed by atoms with E-state index in [2.05, 4.69) is 0 Å². The van der Waals surface area contributed by atoms with Gasteiger partial charge in [-0.3, -0.25) is 9.59 Å². The Morgan fingerprint density at radius 1 is 0.862 bits per heavy atom. The Morgan fingerprint density at radius 3 is 2.10 bits per heavy atom. The number of benzene rings is 3. The number of hydrogen-bond acceptors (Lipinski definition) is 4. The van der Waals surface area contributed by atoms with Crippen molar-refractivity contribution in [1.82, 2.24) is 4.90 Å². The van der Waals surface area contributed by atoms with Gasteiger partial charge < -0.3 is 14.4 Å². The maximum Gasteiger partial charge on any atom is 0.267 e. The molecule has 146 valence electrons. The van der Waals surface area contributed by atoms with E-state index in [-0.39, 0.29) is 24.3 Å². The number of hydrogen-bond donors (Lipinski definition) is 0. The van der Waals surface area contributed by atoms with Crippen molar-refractivity contribution >= 4 is 11.7 Å². The molecule has 3 aromatic carbocycles. The number of likely N-dealkylation sites (tertiary alicyclic amines) is 1. The predicted molar refractivity (Wildman–Crippen MR) is 109 cm³/mol. The second-order valence-electron chi connectivity index (χ2n) is 6.82. The van der Waals surface area contributed by atoms with Crippen LogP contribution in [0.1, 0.15) is 22.0 Å². The topological polar surface area (TPSA) is 55.8 Å². The van der Waals surface area contributed by atoms with Crippen LogP contribution in [0, 0.1) is 0 Å². The quantitative estimate of drug-likeness (QED) is 0.456. The van der Waals surface area contributed by atoms with Gasteiger partial charge in [-0.2, -0.15) is 0 Å². The molecule has 5 heteroatoms. The number of rotatable bonds is 7. The van der Waals surface area contributed by atoms with E-state index in [0.717, 1.165) is 11.3 Å². The average molecular weight is 387 g/mol. The van der Waals surface area contributed by atoms with Crippen LogP contribution in [0.25, 0.3) is 0 Å². The van der Waals surface area contributed by atoms with Crippen LogP contribution in [0.3, 0.4) is 0 Å². The minimum Gasteiger partial charge on any atom is -0.497 e. The number of ketones is 1. The summed E-state index contributed by atoms with van der Waals surface area (Å²) in [6.45, 7) is 0.00813. The summed E-state index contributed by atoms with van der Waals surface area (Å²) >= 11 is 0. The lowest BCUT2D eigenvalue weighted by atomic mass is 9.89. The van der Waals surface area contributed by atoms with Crippen LogP contribution in [0.15, 0.2) is 84.9 Å². The van der Waals surface area contributed by atoms with Gasteiger partial charge >= 0.3 is 0 Å². The fourth-order valence-electron chi connectivity index (χ4n) is 3.48. The van der Waals surface area contributed by atoms with Crippen molar-refractivity contribution in [3.63, 3.8) is 0 Å². The smallest absolute Gasteiger partial charge is 0.267 e. The van der Waals surface area contributed by atoms with Gasteiger partial charge in [0, 0.05) is 5.56 Å². The first-order chi connectivity index (χ1) is 14.2. The molecule has 0 aliphatic carbocycles. The molecule has 0 saturated carbocycles. The van der Waals surface area contributed by atoms with Gasteiger partial charge in [-0.15, -0.1) is 0 Å². The normalized spacial score (nSPS) is 18.1. The van der Waals surface area contributed by atoms with Gasteiger partial charge in [-0.25, -0.2) is 0 Å². The Kier molecular flexibility index (Phi) is 5.29. The van der Waals surface area contributed by atoms with Crippen molar-refractivity contribution in [2.75, 3.05) is 13.7 Å². The maximum atomic E-state index is 12.9. The molecule has 0 bridgehead atoms. The standard InChI is InChI=1S/C24H21NO4/c1-28-19-14-12-18(13-15-19)22-23(29-20-10-6-3-7-11-20)24(27)25(22)16-21(26)17-8-4-2-5-9-17/h2-15,22-23H,16H2,1H3/t22-,23+/m1/s1. The second-order valence-corrected chi connectivity index (χ2v) is 6.82. The third kappa shape index (κ3) is 3.85. The highest BCUT2D eigenvalue weighted by Crippen LogP contribution is 2.38. The minimum atomic E-state index is -0.672. The molecular formula is C24H21NO4. The molecule has 0 radical (unpaired) electrons. The van der Waals surface area contributed by atoms with E-state index in [9.17, 15) is 9.59 Å². The number of β-lactam (4-membered cyclic amide) rings is 1. The summed E-state index contributed by atoms with van der Waals surface area (Å²) in [5.74, 6) is 1.06. The summed E-state index contributed by atoms with van der Waals surface area (Å²) in [7, 11) is 1.61. The van der Waals surface area contributed by atoms with Gasteiger partial charge in [0.2, 0.25) is 6.10 Å². The zero-order valence-electron chi connectivity index (χ0n) is 16.0. The Morgan fingerprint density at radius 2 is 1.48 bits per heavy atom. The summed E-state index contributed by atoms with van der Waals surface area (Å²) in [4.78, 5) is 27.1. The number of amides is 1. The molecule has 0 spiro atoms. The summed E-state index contributed by atoms with van der Waals surface area (Å²) in [6, 6.07) is 25.4. The summed E-state index contributed by atoms with van der Waals surface area (Å²) in [6.07, 6.45) is -0.672. The number of carbonyl (C=O) groups is 2. The Balaban J connectivity index is 1.59. The highest BCUT2D eigenvalue weighted by Gasteiger charge is 2.50. The van der Waals surface area contributed by atoms with Gasteiger partial charge in [0.1, 0.15) is 17.5 Å². The summed E-state index contributed by atoms with van der Waals surface area (Å²) in [5.41, 5.74) is 1.48. The van der Waals surface area contributed by atoms with Gasteiger partial charge in [0.05, 0.1) is 13.7 Å². The average Bonchev–Trinajstić information content (AvgIpc) is 2.79. The number of methoxy groups -OCH3 is 1. The fourth-order valence-corrected chi connectivity index (χ4v) is 3.48. The molecule has 1 amide bonds. The molecule has 1 fully saturated rings. The van der Waals surface area contributed by atoms with E-state index >= 15 is 0 Å². The molecule has 1 aliphatic heterocycles. The predicted octanol–water partition coefficient (Wildman–Crippen LogP) is 3.91. The van der Waals surface area contributed by atoms with E-state index in [1.54, 1.807) is 24.1 Å². The van der Waals surface area contributed by atoms with Gasteiger partial charge in [-0.05, 0) is 29.8 Å². The molecule has 5 nitrogen and oxygen atoms in total. The lowest BCUT2D eigenvalue weighted by molar-refractivity contribution is -0.162. The van der Waals surface area contributed by atoms with Crippen molar-refractivity contribution in [2.24, 2.45) is 0 Å². The monoisotopic (exact) mass is 387 g/mol. The zero-order chi connectivity index (χ0) is 20.2. The van der Waals surface area contributed by atoms with Crippen molar-refractivity contribution in [3.8, 4) is 11.5 Å². The molecule has 3 aromatic rings. The lowest BCUT2D eigenvalue weighted by Crippen LogP contribution is -2.62. The molecule has 29 heavy (non-hydrogen) atoms. The summed E-state index contributed by atoms with van der Waals surface area (Å²) < 4.78 is 11.2. The largest absolute Gasteiger partial charge is 0.497 e. The lowest BCUT2D eigenvalue weighted by Gasteiger charge is -2.46. The fraction of sp³-hybridized carbons (Fsp3) is 0.167. The van der Waals surface area contributed by atoms with Crippen LogP contribution in [0.4, 0.5) is 0 Å². The zero-order valence-corrected chi connectivity index (χ0v) is 16.0. The highest BCUT2D eigenvalue weighted by atomic mass is 16.5. The molecule has 1 saturated heterocycles. The van der Waals surface area contributed by atoms with E-state index in [4.69, 9.17) is 9.47 Å². The van der Waals surface area contributed by atoms with Crippen LogP contribution in [0.5, 0.6) is 11.5 Å². The number of ether oxygens (including phenoxy) is 2. The number of Topliss-reactive ketones (excluding diaryl/α,β-unsaturated/α-hetero) is 1. The number of para-hydroxylation sites is 1. The molecular weight excluding hydrogens is 366 g/mol. The number of carbonyl (C=O) groups excluding carboxylic acids is 2. The first-order valence-corrected chi connectivity index (χ1v) is 9.42. The van der Waals surface area contributed by atoms with Gasteiger partial charge in [0.15, 0.2) is 5.78 Å². The molecule has 0 unspecified atom stereocenters. The van der Waals surface area contributed by atoms with Crippen LogP contribution < -0.4 is 9.47 Å². The van der Waals surface area contributed by atoms with Crippen molar-refractivity contribution in [1.29, 1.82) is 0 Å². The SMILES string of the molecule is COc1ccc([C@@H]2[C@H](Oc3ccccc3)C(=O)N2CC(=O)c2ccccc2)cc1. The molecule has 2 atom stereocenters. The number of nitrogens with zero attached hydrogens (tertiary/aromatic N) is 1. The van der Waals surface area contributed by atoms with E-state index in [0.29, 0.717) is 11.3 Å². The van der Waals surface area contributed by atoms with Crippen molar-refractivity contribution in [2.45, 2.75) is 12.1 Å². The highest BCUT2D eigenvalue weighted by molar-refractivity contribution is 6.01. The molecule has 0 aromatic heterocycles. The van der Waals surface area contributed by atoms with Crippen LogP contribution in [-0.4, -0.2) is 36.3 Å². The van der Waals surface area contributed by atoms with Crippen molar-refractivity contribution in [3.05, 3.63) is 96.1 Å². The third-order valence-corrected chi connectivity index (χ3v) is 5.02. The molecule has 4 rings (SSSR count). The van der Waals surface area contributed by atoms with Crippen LogP contribution >= 0.6 is 0 Å².